The molecule has 0 saturated carbocycles. The number of aryl methyl sites for hydroxylation is 1. The second-order valence-corrected chi connectivity index (χ2v) is 9.38. The number of sulfone groups is 1. The lowest BCUT2D eigenvalue weighted by atomic mass is 10.1. The van der Waals surface area contributed by atoms with Crippen LogP contribution in [0.2, 0.25) is 5.02 Å². The molecule has 1 amide bonds. The molecule has 0 spiro atoms. The van der Waals surface area contributed by atoms with E-state index in [2.05, 4.69) is 10.4 Å². The smallest absolute Gasteiger partial charge is 0.266 e. The van der Waals surface area contributed by atoms with Crippen LogP contribution < -0.4 is 5.32 Å². The SMILES string of the molecule is Cc1nn([C@H]2CCS(=O)(=O)C2)c(C)c1/C=C(\C#N)C(=O)Nc1ccc(Cl)cc1. The molecule has 1 atom stereocenters. The van der Waals surface area contributed by atoms with E-state index in [-0.39, 0.29) is 23.1 Å². The minimum Gasteiger partial charge on any atom is -0.321 e. The van der Waals surface area contributed by atoms with Crippen LogP contribution in [0.4, 0.5) is 5.69 Å². The minimum atomic E-state index is -3.04. The summed E-state index contributed by atoms with van der Waals surface area (Å²) in [6.07, 6.45) is 2.00. The van der Waals surface area contributed by atoms with Crippen LogP contribution in [0.1, 0.15) is 29.4 Å². The number of aromatic nitrogens is 2. The summed E-state index contributed by atoms with van der Waals surface area (Å²) >= 11 is 5.83. The maximum atomic E-state index is 12.5. The molecule has 9 heteroatoms. The zero-order valence-electron chi connectivity index (χ0n) is 15.4. The van der Waals surface area contributed by atoms with Gasteiger partial charge < -0.3 is 5.32 Å². The van der Waals surface area contributed by atoms with Gasteiger partial charge in [0.25, 0.3) is 5.91 Å². The van der Waals surface area contributed by atoms with Gasteiger partial charge in [-0.25, -0.2) is 8.42 Å². The second-order valence-electron chi connectivity index (χ2n) is 6.72. The van der Waals surface area contributed by atoms with Crippen LogP contribution in [-0.4, -0.2) is 35.6 Å². The van der Waals surface area contributed by atoms with Gasteiger partial charge in [-0.05, 0) is 50.6 Å². The number of rotatable bonds is 4. The molecule has 3 rings (SSSR count). The average molecular weight is 419 g/mol. The van der Waals surface area contributed by atoms with Gasteiger partial charge in [0.2, 0.25) is 0 Å². The lowest BCUT2D eigenvalue weighted by Crippen LogP contribution is -2.14. The van der Waals surface area contributed by atoms with Crippen molar-refractivity contribution in [2.75, 3.05) is 16.8 Å². The summed E-state index contributed by atoms with van der Waals surface area (Å²) in [6, 6.07) is 8.26. The summed E-state index contributed by atoms with van der Waals surface area (Å²) in [5.41, 5.74) is 2.46. The summed E-state index contributed by atoms with van der Waals surface area (Å²) in [5.74, 6) is -0.339. The van der Waals surface area contributed by atoms with Crippen molar-refractivity contribution >= 4 is 39.1 Å². The van der Waals surface area contributed by atoms with E-state index in [4.69, 9.17) is 11.6 Å². The number of halogens is 1. The van der Waals surface area contributed by atoms with E-state index in [1.165, 1.54) is 6.08 Å². The van der Waals surface area contributed by atoms with E-state index in [1.807, 2.05) is 13.0 Å². The number of carbonyl (C=O) groups is 1. The molecule has 7 nitrogen and oxygen atoms in total. The molecule has 1 saturated heterocycles. The first kappa shape index (κ1) is 20.1. The molecule has 1 N–H and O–H groups in total. The summed E-state index contributed by atoms with van der Waals surface area (Å²) in [4.78, 5) is 12.5. The van der Waals surface area contributed by atoms with Gasteiger partial charge in [-0.3, -0.25) is 9.48 Å². The van der Waals surface area contributed by atoms with Gasteiger partial charge in [-0.15, -0.1) is 0 Å². The van der Waals surface area contributed by atoms with Crippen molar-refractivity contribution in [1.29, 1.82) is 5.26 Å². The van der Waals surface area contributed by atoms with E-state index in [1.54, 1.807) is 35.9 Å². The number of hydrogen-bond donors (Lipinski definition) is 1. The normalized spacial score (nSPS) is 18.6. The van der Waals surface area contributed by atoms with E-state index in [0.717, 1.165) is 5.69 Å². The van der Waals surface area contributed by atoms with Crippen molar-refractivity contribution in [2.45, 2.75) is 26.3 Å². The molecular formula is C19H19ClN4O3S. The number of carbonyl (C=O) groups excluding carboxylic acids is 1. The van der Waals surface area contributed by atoms with Crippen LogP contribution in [0.25, 0.3) is 6.08 Å². The van der Waals surface area contributed by atoms with Crippen molar-refractivity contribution in [1.82, 2.24) is 9.78 Å². The number of hydrogen-bond acceptors (Lipinski definition) is 5. The number of amides is 1. The van der Waals surface area contributed by atoms with Crippen molar-refractivity contribution in [3.05, 3.63) is 51.8 Å². The van der Waals surface area contributed by atoms with Gasteiger partial charge in [0.15, 0.2) is 9.84 Å². The van der Waals surface area contributed by atoms with E-state index < -0.39 is 15.7 Å². The Balaban J connectivity index is 1.87. The van der Waals surface area contributed by atoms with E-state index in [0.29, 0.717) is 28.4 Å². The molecule has 2 aromatic rings. The Labute approximate surface area is 168 Å². The molecule has 1 aliphatic heterocycles. The highest BCUT2D eigenvalue weighted by Gasteiger charge is 2.31. The van der Waals surface area contributed by atoms with Crippen molar-refractivity contribution in [2.24, 2.45) is 0 Å². The van der Waals surface area contributed by atoms with Gasteiger partial charge in [0, 0.05) is 22.0 Å². The highest BCUT2D eigenvalue weighted by Crippen LogP contribution is 2.28. The number of anilines is 1. The molecule has 0 radical (unpaired) electrons. The van der Waals surface area contributed by atoms with Crippen LogP contribution in [0.3, 0.4) is 0 Å². The molecule has 146 valence electrons. The minimum absolute atomic E-state index is 0.0558. The summed E-state index contributed by atoms with van der Waals surface area (Å²) in [6.45, 7) is 3.58. The summed E-state index contributed by atoms with van der Waals surface area (Å²) in [7, 11) is -3.04. The number of nitrogens with one attached hydrogen (secondary N) is 1. The van der Waals surface area contributed by atoms with E-state index >= 15 is 0 Å². The molecule has 1 aliphatic rings. The third-order valence-corrected chi connectivity index (χ3v) is 6.69. The van der Waals surface area contributed by atoms with E-state index in [9.17, 15) is 18.5 Å². The Morgan fingerprint density at radius 1 is 1.36 bits per heavy atom. The second kappa shape index (κ2) is 7.78. The molecule has 0 aliphatic carbocycles. The first-order valence-corrected chi connectivity index (χ1v) is 10.8. The maximum absolute atomic E-state index is 12.5. The van der Waals surface area contributed by atoms with Crippen LogP contribution in [-0.2, 0) is 14.6 Å². The lowest BCUT2D eigenvalue weighted by Gasteiger charge is -2.11. The molecule has 0 unspecified atom stereocenters. The third-order valence-electron chi connectivity index (χ3n) is 4.69. The highest BCUT2D eigenvalue weighted by molar-refractivity contribution is 7.91. The van der Waals surface area contributed by atoms with Crippen molar-refractivity contribution in [3.63, 3.8) is 0 Å². The Kier molecular flexibility index (Phi) is 5.59. The summed E-state index contributed by atoms with van der Waals surface area (Å²) < 4.78 is 25.2. The number of benzene rings is 1. The van der Waals surface area contributed by atoms with Crippen LogP contribution in [0.15, 0.2) is 29.8 Å². The van der Waals surface area contributed by atoms with Crippen LogP contribution in [0, 0.1) is 25.2 Å². The molecule has 2 heterocycles. The topological polar surface area (TPSA) is 105 Å². The zero-order chi connectivity index (χ0) is 20.5. The number of nitriles is 1. The predicted octanol–water partition coefficient (Wildman–Crippen LogP) is 3.06. The summed E-state index contributed by atoms with van der Waals surface area (Å²) in [5, 5.41) is 17.1. The number of nitrogens with zero attached hydrogens (tertiary/aromatic N) is 3. The molecule has 1 aromatic heterocycles. The standard InChI is InChI=1S/C19H19ClN4O3S/c1-12-18(13(2)24(23-12)17-7-8-28(26,27)11-17)9-14(10-21)19(25)22-16-5-3-15(20)4-6-16/h3-6,9,17H,7-8,11H2,1-2H3,(H,22,25)/b14-9+/t17-/m0/s1. The Bertz CT molecular complexity index is 1100. The zero-order valence-corrected chi connectivity index (χ0v) is 17.0. The first-order valence-electron chi connectivity index (χ1n) is 8.65. The third kappa shape index (κ3) is 4.26. The molecule has 1 aromatic carbocycles. The van der Waals surface area contributed by atoms with Gasteiger partial charge >= 0.3 is 0 Å². The quantitative estimate of drug-likeness (QED) is 0.606. The molecule has 28 heavy (non-hydrogen) atoms. The molecule has 0 bridgehead atoms. The van der Waals surface area contributed by atoms with Crippen LogP contribution >= 0.6 is 11.6 Å². The van der Waals surface area contributed by atoms with Gasteiger partial charge in [-0.2, -0.15) is 10.4 Å². The maximum Gasteiger partial charge on any atom is 0.266 e. The van der Waals surface area contributed by atoms with Crippen LogP contribution in [0.5, 0.6) is 0 Å². The fraction of sp³-hybridized carbons (Fsp3) is 0.316. The highest BCUT2D eigenvalue weighted by atomic mass is 35.5. The van der Waals surface area contributed by atoms with Crippen molar-refractivity contribution in [3.8, 4) is 6.07 Å². The fourth-order valence-corrected chi connectivity index (χ4v) is 5.05. The Hall–Kier alpha value is -2.63. The van der Waals surface area contributed by atoms with Crippen molar-refractivity contribution < 1.29 is 13.2 Å². The monoisotopic (exact) mass is 418 g/mol. The first-order chi connectivity index (χ1) is 13.2. The van der Waals surface area contributed by atoms with Gasteiger partial charge in [0.1, 0.15) is 11.6 Å². The Morgan fingerprint density at radius 2 is 2.04 bits per heavy atom. The van der Waals surface area contributed by atoms with Gasteiger partial charge in [-0.1, -0.05) is 11.6 Å². The molecular weight excluding hydrogens is 400 g/mol. The largest absolute Gasteiger partial charge is 0.321 e. The predicted molar refractivity (Wildman–Crippen MR) is 108 cm³/mol. The fourth-order valence-electron chi connectivity index (χ4n) is 3.23. The average Bonchev–Trinajstić information content (AvgIpc) is 3.14. The molecule has 1 fully saturated rings. The Morgan fingerprint density at radius 3 is 2.61 bits per heavy atom. The lowest BCUT2D eigenvalue weighted by molar-refractivity contribution is -0.112. The van der Waals surface area contributed by atoms with Gasteiger partial charge in [0.05, 0.1) is 23.2 Å².